The van der Waals surface area contributed by atoms with E-state index in [1.165, 1.54) is 16.7 Å². The number of urea groups is 1. The Kier molecular flexibility index (Phi) is 5.29. The first-order valence-corrected chi connectivity index (χ1v) is 9.77. The van der Waals surface area contributed by atoms with Gasteiger partial charge in [-0.15, -0.1) is 10.2 Å². The van der Waals surface area contributed by atoms with Crippen LogP contribution in [0.25, 0.3) is 22.5 Å². The third-order valence-electron chi connectivity index (χ3n) is 4.24. The minimum Gasteiger partial charge on any atom is -0.336 e. The van der Waals surface area contributed by atoms with Gasteiger partial charge in [-0.3, -0.25) is 9.69 Å². The number of thioether (sulfide) groups is 1. The maximum absolute atomic E-state index is 12.2. The van der Waals surface area contributed by atoms with Crippen LogP contribution in [0.5, 0.6) is 0 Å². The van der Waals surface area contributed by atoms with Crippen molar-refractivity contribution in [3.63, 3.8) is 0 Å². The quantitative estimate of drug-likeness (QED) is 0.673. The van der Waals surface area contributed by atoms with E-state index < -0.39 is 0 Å². The van der Waals surface area contributed by atoms with Crippen molar-refractivity contribution in [3.05, 3.63) is 60.7 Å². The second-order valence-corrected chi connectivity index (χ2v) is 7.03. The van der Waals surface area contributed by atoms with Gasteiger partial charge in [0.1, 0.15) is 11.4 Å². The summed E-state index contributed by atoms with van der Waals surface area (Å²) in [5.41, 5.74) is 3.23. The summed E-state index contributed by atoms with van der Waals surface area (Å²) in [7, 11) is 0. The van der Waals surface area contributed by atoms with Crippen LogP contribution in [0, 0.1) is 0 Å². The number of amides is 3. The van der Waals surface area contributed by atoms with E-state index in [9.17, 15) is 9.59 Å². The Morgan fingerprint density at radius 3 is 2.21 bits per heavy atom. The van der Waals surface area contributed by atoms with Crippen LogP contribution in [0.1, 0.15) is 0 Å². The van der Waals surface area contributed by atoms with Gasteiger partial charge in [-0.05, 0) is 0 Å². The molecule has 0 spiro atoms. The highest BCUT2D eigenvalue weighted by Crippen LogP contribution is 2.29. The summed E-state index contributed by atoms with van der Waals surface area (Å²) < 4.78 is 0. The van der Waals surface area contributed by atoms with E-state index in [-0.39, 0.29) is 17.7 Å². The maximum atomic E-state index is 12.2. The van der Waals surface area contributed by atoms with Gasteiger partial charge < -0.3 is 5.32 Å². The minimum absolute atomic E-state index is 0.0774. The average molecular weight is 391 g/mol. The van der Waals surface area contributed by atoms with Gasteiger partial charge in [0.2, 0.25) is 11.1 Å². The number of hydrogen-bond donors (Lipinski definition) is 1. The van der Waals surface area contributed by atoms with E-state index in [2.05, 4.69) is 20.5 Å². The summed E-state index contributed by atoms with van der Waals surface area (Å²) in [6.45, 7) is 0.872. The SMILES string of the molecule is O=C(CSc1nnc(-c2ccccc2)c(-c2ccccc2)n1)N1CCNC1=O. The molecular weight excluding hydrogens is 374 g/mol. The molecule has 1 N–H and O–H groups in total. The molecule has 4 rings (SSSR count). The lowest BCUT2D eigenvalue weighted by Crippen LogP contribution is -2.35. The number of nitrogens with one attached hydrogen (secondary N) is 1. The predicted octanol–water partition coefficient (Wildman–Crippen LogP) is 2.85. The van der Waals surface area contributed by atoms with Crippen LogP contribution in [0.15, 0.2) is 65.8 Å². The lowest BCUT2D eigenvalue weighted by atomic mass is 10.0. The molecule has 28 heavy (non-hydrogen) atoms. The summed E-state index contributed by atoms with van der Waals surface area (Å²) in [5.74, 6) is -0.189. The molecule has 1 aliphatic heterocycles. The van der Waals surface area contributed by atoms with Gasteiger partial charge in [-0.2, -0.15) is 0 Å². The zero-order chi connectivity index (χ0) is 19.3. The summed E-state index contributed by atoms with van der Waals surface area (Å²) in [6, 6.07) is 19.1. The number of hydrogen-bond acceptors (Lipinski definition) is 6. The van der Waals surface area contributed by atoms with E-state index >= 15 is 0 Å². The van der Waals surface area contributed by atoms with Gasteiger partial charge in [0, 0.05) is 24.2 Å². The van der Waals surface area contributed by atoms with E-state index in [0.29, 0.717) is 29.6 Å². The molecule has 0 unspecified atom stereocenters. The maximum Gasteiger partial charge on any atom is 0.324 e. The van der Waals surface area contributed by atoms with Crippen molar-refractivity contribution in [1.29, 1.82) is 0 Å². The Labute approximate surface area is 166 Å². The number of carbonyl (C=O) groups excluding carboxylic acids is 2. The van der Waals surface area contributed by atoms with Crippen molar-refractivity contribution >= 4 is 23.7 Å². The van der Waals surface area contributed by atoms with Gasteiger partial charge in [0.05, 0.1) is 5.75 Å². The van der Waals surface area contributed by atoms with Crippen molar-refractivity contribution in [1.82, 2.24) is 25.4 Å². The molecule has 2 aromatic carbocycles. The molecule has 2 heterocycles. The van der Waals surface area contributed by atoms with Gasteiger partial charge in [-0.1, -0.05) is 72.4 Å². The molecule has 0 aliphatic carbocycles. The monoisotopic (exact) mass is 391 g/mol. The topological polar surface area (TPSA) is 88.1 Å². The van der Waals surface area contributed by atoms with Crippen molar-refractivity contribution in [2.45, 2.75) is 5.16 Å². The van der Waals surface area contributed by atoms with Crippen LogP contribution in [0.4, 0.5) is 4.79 Å². The Balaban J connectivity index is 1.61. The number of aromatic nitrogens is 3. The second-order valence-electron chi connectivity index (χ2n) is 6.09. The molecule has 8 heteroatoms. The summed E-state index contributed by atoms with van der Waals surface area (Å²) in [5, 5.41) is 11.6. The first-order chi connectivity index (χ1) is 13.7. The van der Waals surface area contributed by atoms with Crippen LogP contribution in [0.2, 0.25) is 0 Å². The predicted molar refractivity (Wildman–Crippen MR) is 107 cm³/mol. The average Bonchev–Trinajstić information content (AvgIpc) is 3.19. The van der Waals surface area contributed by atoms with Crippen molar-refractivity contribution in [2.75, 3.05) is 18.8 Å². The fourth-order valence-corrected chi connectivity index (χ4v) is 3.54. The lowest BCUT2D eigenvalue weighted by molar-refractivity contribution is -0.124. The van der Waals surface area contributed by atoms with E-state index in [1.54, 1.807) is 0 Å². The fourth-order valence-electron chi connectivity index (χ4n) is 2.87. The standard InChI is InChI=1S/C20H17N5O2S/c26-16(25-12-11-21-20(25)27)13-28-19-22-17(14-7-3-1-4-8-14)18(23-24-19)15-9-5-2-6-10-15/h1-10H,11-13H2,(H,21,27). The molecule has 0 bridgehead atoms. The third-order valence-corrected chi connectivity index (χ3v) is 5.07. The number of carbonyl (C=O) groups is 2. The number of rotatable bonds is 5. The molecule has 1 fully saturated rings. The lowest BCUT2D eigenvalue weighted by Gasteiger charge is -2.12. The van der Waals surface area contributed by atoms with Crippen LogP contribution < -0.4 is 5.32 Å². The third kappa shape index (κ3) is 3.86. The first-order valence-electron chi connectivity index (χ1n) is 8.79. The molecule has 140 valence electrons. The second kappa shape index (κ2) is 8.18. The number of nitrogens with zero attached hydrogens (tertiary/aromatic N) is 4. The van der Waals surface area contributed by atoms with Crippen LogP contribution in [0.3, 0.4) is 0 Å². The molecule has 0 radical (unpaired) electrons. The summed E-state index contributed by atoms with van der Waals surface area (Å²) in [4.78, 5) is 29.7. The summed E-state index contributed by atoms with van der Waals surface area (Å²) in [6.07, 6.45) is 0. The highest BCUT2D eigenvalue weighted by Gasteiger charge is 2.26. The summed E-state index contributed by atoms with van der Waals surface area (Å²) >= 11 is 1.17. The zero-order valence-corrected chi connectivity index (χ0v) is 15.7. The van der Waals surface area contributed by atoms with Gasteiger partial charge >= 0.3 is 6.03 Å². The van der Waals surface area contributed by atoms with Crippen molar-refractivity contribution in [2.24, 2.45) is 0 Å². The molecule has 7 nitrogen and oxygen atoms in total. The number of benzene rings is 2. The van der Waals surface area contributed by atoms with Gasteiger partial charge in [-0.25, -0.2) is 9.78 Å². The largest absolute Gasteiger partial charge is 0.336 e. The molecule has 0 saturated carbocycles. The van der Waals surface area contributed by atoms with Crippen LogP contribution >= 0.6 is 11.8 Å². The molecule has 1 saturated heterocycles. The van der Waals surface area contributed by atoms with E-state index in [0.717, 1.165) is 11.1 Å². The Morgan fingerprint density at radius 2 is 1.61 bits per heavy atom. The molecular formula is C20H17N5O2S. The molecule has 3 aromatic rings. The molecule has 3 amide bonds. The number of imide groups is 1. The van der Waals surface area contributed by atoms with Crippen LogP contribution in [-0.4, -0.2) is 50.9 Å². The van der Waals surface area contributed by atoms with Crippen LogP contribution in [-0.2, 0) is 4.79 Å². The smallest absolute Gasteiger partial charge is 0.324 e. The highest BCUT2D eigenvalue weighted by molar-refractivity contribution is 7.99. The van der Waals surface area contributed by atoms with E-state index in [1.807, 2.05) is 60.7 Å². The van der Waals surface area contributed by atoms with E-state index in [4.69, 9.17) is 0 Å². The van der Waals surface area contributed by atoms with Gasteiger partial charge in [0.15, 0.2) is 0 Å². The minimum atomic E-state index is -0.353. The zero-order valence-electron chi connectivity index (χ0n) is 14.9. The van der Waals surface area contributed by atoms with Crippen molar-refractivity contribution < 1.29 is 9.59 Å². The fraction of sp³-hybridized carbons (Fsp3) is 0.150. The van der Waals surface area contributed by atoms with Gasteiger partial charge in [0.25, 0.3) is 0 Å². The molecule has 1 aliphatic rings. The normalized spacial score (nSPS) is 13.4. The highest BCUT2D eigenvalue weighted by atomic mass is 32.2. The Hall–Kier alpha value is -3.26. The molecule has 1 aromatic heterocycles. The Bertz CT molecular complexity index is 998. The first kappa shape index (κ1) is 18.1. The molecule has 0 atom stereocenters. The Morgan fingerprint density at radius 1 is 0.964 bits per heavy atom. The van der Waals surface area contributed by atoms with Crippen molar-refractivity contribution in [3.8, 4) is 22.5 Å².